The molecule has 0 aliphatic carbocycles. The first-order chi connectivity index (χ1) is 12.2. The SMILES string of the molecule is CC(=CCc1nccc(-c2ccccc2)c1-c1ccccc1)C(=O)O. The molecule has 0 unspecified atom stereocenters. The fourth-order valence-corrected chi connectivity index (χ4v) is 2.78. The van der Waals surface area contributed by atoms with Crippen molar-refractivity contribution in [3.05, 3.63) is 90.3 Å². The van der Waals surface area contributed by atoms with Crippen molar-refractivity contribution in [2.45, 2.75) is 13.3 Å². The van der Waals surface area contributed by atoms with Crippen LogP contribution in [0.3, 0.4) is 0 Å². The summed E-state index contributed by atoms with van der Waals surface area (Å²) in [6.07, 6.45) is 3.98. The van der Waals surface area contributed by atoms with Crippen LogP contribution in [-0.4, -0.2) is 16.1 Å². The highest BCUT2D eigenvalue weighted by atomic mass is 16.4. The minimum Gasteiger partial charge on any atom is -0.478 e. The lowest BCUT2D eigenvalue weighted by atomic mass is 9.92. The zero-order valence-corrected chi connectivity index (χ0v) is 14.0. The molecule has 3 nitrogen and oxygen atoms in total. The summed E-state index contributed by atoms with van der Waals surface area (Å²) >= 11 is 0. The largest absolute Gasteiger partial charge is 0.478 e. The Morgan fingerprint density at radius 2 is 1.56 bits per heavy atom. The molecule has 3 aromatic rings. The molecular formula is C22H19NO2. The number of hydrogen-bond acceptors (Lipinski definition) is 2. The molecule has 2 aromatic carbocycles. The van der Waals surface area contributed by atoms with Gasteiger partial charge in [-0.1, -0.05) is 66.7 Å². The van der Waals surface area contributed by atoms with E-state index in [1.54, 1.807) is 19.2 Å². The fourth-order valence-electron chi connectivity index (χ4n) is 2.78. The van der Waals surface area contributed by atoms with Gasteiger partial charge >= 0.3 is 5.97 Å². The predicted molar refractivity (Wildman–Crippen MR) is 100 cm³/mol. The van der Waals surface area contributed by atoms with E-state index in [0.717, 1.165) is 27.9 Å². The molecule has 0 atom stereocenters. The van der Waals surface area contributed by atoms with Crippen molar-refractivity contribution in [2.75, 3.05) is 0 Å². The van der Waals surface area contributed by atoms with Crippen LogP contribution in [0.5, 0.6) is 0 Å². The lowest BCUT2D eigenvalue weighted by molar-refractivity contribution is -0.132. The third kappa shape index (κ3) is 3.83. The predicted octanol–water partition coefficient (Wildman–Crippen LogP) is 4.99. The van der Waals surface area contributed by atoms with E-state index in [9.17, 15) is 4.79 Å². The molecule has 0 fully saturated rings. The second-order valence-electron chi connectivity index (χ2n) is 5.81. The van der Waals surface area contributed by atoms with Gasteiger partial charge in [-0.2, -0.15) is 0 Å². The van der Waals surface area contributed by atoms with Crippen molar-refractivity contribution in [1.29, 1.82) is 0 Å². The molecule has 1 aromatic heterocycles. The third-order valence-electron chi connectivity index (χ3n) is 4.12. The van der Waals surface area contributed by atoms with Gasteiger partial charge in [-0.05, 0) is 29.7 Å². The summed E-state index contributed by atoms with van der Waals surface area (Å²) in [4.78, 5) is 15.6. The molecular weight excluding hydrogens is 310 g/mol. The number of benzene rings is 2. The lowest BCUT2D eigenvalue weighted by Crippen LogP contribution is -2.00. The van der Waals surface area contributed by atoms with Crippen molar-refractivity contribution in [2.24, 2.45) is 0 Å². The van der Waals surface area contributed by atoms with E-state index in [-0.39, 0.29) is 0 Å². The van der Waals surface area contributed by atoms with E-state index in [4.69, 9.17) is 5.11 Å². The molecule has 0 bridgehead atoms. The van der Waals surface area contributed by atoms with E-state index >= 15 is 0 Å². The zero-order chi connectivity index (χ0) is 17.6. The Morgan fingerprint density at radius 1 is 0.960 bits per heavy atom. The van der Waals surface area contributed by atoms with Gasteiger partial charge in [0.05, 0.1) is 5.69 Å². The topological polar surface area (TPSA) is 50.2 Å². The number of carboxylic acids is 1. The Balaban J connectivity index is 2.16. The molecule has 0 saturated heterocycles. The first kappa shape index (κ1) is 16.7. The molecule has 3 rings (SSSR count). The summed E-state index contributed by atoms with van der Waals surface area (Å²) in [6.45, 7) is 1.60. The van der Waals surface area contributed by atoms with Crippen molar-refractivity contribution in [1.82, 2.24) is 4.98 Å². The molecule has 0 radical (unpaired) electrons. The van der Waals surface area contributed by atoms with Crippen LogP contribution in [0.1, 0.15) is 12.6 Å². The molecule has 25 heavy (non-hydrogen) atoms. The summed E-state index contributed by atoms with van der Waals surface area (Å²) in [5, 5.41) is 9.09. The van der Waals surface area contributed by atoms with Crippen LogP contribution in [0.15, 0.2) is 84.6 Å². The van der Waals surface area contributed by atoms with Gasteiger partial charge in [0.2, 0.25) is 0 Å². The summed E-state index contributed by atoms with van der Waals surface area (Å²) in [7, 11) is 0. The van der Waals surface area contributed by atoms with E-state index in [1.807, 2.05) is 42.5 Å². The van der Waals surface area contributed by atoms with Gasteiger partial charge in [0, 0.05) is 23.8 Å². The van der Waals surface area contributed by atoms with E-state index in [0.29, 0.717) is 12.0 Å². The number of rotatable bonds is 5. The van der Waals surface area contributed by atoms with Crippen LogP contribution in [-0.2, 0) is 11.2 Å². The summed E-state index contributed by atoms with van der Waals surface area (Å²) < 4.78 is 0. The third-order valence-corrected chi connectivity index (χ3v) is 4.12. The fraction of sp³-hybridized carbons (Fsp3) is 0.0909. The number of carbonyl (C=O) groups is 1. The van der Waals surface area contributed by atoms with E-state index in [1.165, 1.54) is 0 Å². The summed E-state index contributed by atoms with van der Waals surface area (Å²) in [5.74, 6) is -0.902. The van der Waals surface area contributed by atoms with Gasteiger partial charge in [0.1, 0.15) is 0 Å². The Bertz CT molecular complexity index is 900. The van der Waals surface area contributed by atoms with E-state index in [2.05, 4.69) is 29.2 Å². The second-order valence-corrected chi connectivity index (χ2v) is 5.81. The highest BCUT2D eigenvalue weighted by Crippen LogP contribution is 2.34. The molecule has 0 spiro atoms. The number of carboxylic acid groups (broad SMARTS) is 1. The number of hydrogen-bond donors (Lipinski definition) is 1. The first-order valence-corrected chi connectivity index (χ1v) is 8.15. The normalized spacial score (nSPS) is 11.3. The Labute approximate surface area is 147 Å². The summed E-state index contributed by atoms with van der Waals surface area (Å²) in [6, 6.07) is 22.3. The number of aromatic nitrogens is 1. The smallest absolute Gasteiger partial charge is 0.330 e. The Kier molecular flexibility index (Phi) is 5.05. The number of allylic oxidation sites excluding steroid dienone is 1. The number of aliphatic carboxylic acids is 1. The van der Waals surface area contributed by atoms with Gasteiger partial charge in [-0.25, -0.2) is 4.79 Å². The van der Waals surface area contributed by atoms with Gasteiger partial charge in [0.25, 0.3) is 0 Å². The average molecular weight is 329 g/mol. The van der Waals surface area contributed by atoms with Crippen LogP contribution in [0, 0.1) is 0 Å². The average Bonchev–Trinajstić information content (AvgIpc) is 2.67. The minimum atomic E-state index is -0.902. The number of nitrogens with zero attached hydrogens (tertiary/aromatic N) is 1. The van der Waals surface area contributed by atoms with Crippen molar-refractivity contribution < 1.29 is 9.90 Å². The first-order valence-electron chi connectivity index (χ1n) is 8.15. The van der Waals surface area contributed by atoms with Gasteiger partial charge in [0.15, 0.2) is 0 Å². The van der Waals surface area contributed by atoms with Crippen LogP contribution < -0.4 is 0 Å². The Morgan fingerprint density at radius 3 is 2.16 bits per heavy atom. The molecule has 0 amide bonds. The van der Waals surface area contributed by atoms with Gasteiger partial charge in [-0.15, -0.1) is 0 Å². The minimum absolute atomic E-state index is 0.325. The monoisotopic (exact) mass is 329 g/mol. The highest BCUT2D eigenvalue weighted by Gasteiger charge is 2.13. The van der Waals surface area contributed by atoms with Crippen LogP contribution in [0.2, 0.25) is 0 Å². The van der Waals surface area contributed by atoms with E-state index < -0.39 is 5.97 Å². The molecule has 0 saturated carbocycles. The zero-order valence-electron chi connectivity index (χ0n) is 14.0. The molecule has 0 aliphatic rings. The molecule has 1 N–H and O–H groups in total. The quantitative estimate of drug-likeness (QED) is 0.671. The molecule has 0 aliphatic heterocycles. The molecule has 124 valence electrons. The van der Waals surface area contributed by atoms with Crippen LogP contribution >= 0.6 is 0 Å². The highest BCUT2D eigenvalue weighted by molar-refractivity contribution is 5.87. The number of pyridine rings is 1. The summed E-state index contributed by atoms with van der Waals surface area (Å²) in [5.41, 5.74) is 5.52. The van der Waals surface area contributed by atoms with Crippen LogP contribution in [0.25, 0.3) is 22.3 Å². The molecule has 3 heteroatoms. The second kappa shape index (κ2) is 7.58. The van der Waals surface area contributed by atoms with Crippen molar-refractivity contribution in [3.63, 3.8) is 0 Å². The maximum Gasteiger partial charge on any atom is 0.330 e. The van der Waals surface area contributed by atoms with Crippen molar-refractivity contribution >= 4 is 5.97 Å². The van der Waals surface area contributed by atoms with Crippen molar-refractivity contribution in [3.8, 4) is 22.3 Å². The van der Waals surface area contributed by atoms with Crippen LogP contribution in [0.4, 0.5) is 0 Å². The maximum atomic E-state index is 11.1. The molecule has 1 heterocycles. The Hall–Kier alpha value is -3.20. The lowest BCUT2D eigenvalue weighted by Gasteiger charge is -2.14. The van der Waals surface area contributed by atoms with Gasteiger partial charge < -0.3 is 5.11 Å². The van der Waals surface area contributed by atoms with Gasteiger partial charge in [-0.3, -0.25) is 4.98 Å². The standard InChI is InChI=1S/C22H19NO2/c1-16(22(24)25)12-13-20-21(18-10-6-3-7-11-18)19(14-15-23-20)17-8-4-2-5-9-17/h2-12,14-15H,13H2,1H3,(H,24,25). The maximum absolute atomic E-state index is 11.1.